The topological polar surface area (TPSA) is 58.6 Å². The molecule has 1 heterocycles. The van der Waals surface area contributed by atoms with Crippen molar-refractivity contribution in [1.29, 1.82) is 0 Å². The Morgan fingerprint density at radius 2 is 2.00 bits per heavy atom. The molecule has 0 bridgehead atoms. The van der Waals surface area contributed by atoms with E-state index in [0.717, 1.165) is 6.07 Å². The van der Waals surface area contributed by atoms with Gasteiger partial charge in [0.05, 0.1) is 4.47 Å². The maximum Gasteiger partial charge on any atom is 0.407 e. The van der Waals surface area contributed by atoms with E-state index in [-0.39, 0.29) is 17.1 Å². The zero-order valence-corrected chi connectivity index (χ0v) is 16.0. The third-order valence-electron chi connectivity index (χ3n) is 3.69. The first-order valence-corrected chi connectivity index (χ1v) is 8.80. The highest BCUT2D eigenvalue weighted by molar-refractivity contribution is 9.10. The molecule has 138 valence electrons. The number of alkyl carbamates (subject to hydrolysis) is 1. The van der Waals surface area contributed by atoms with Crippen LogP contribution < -0.4 is 5.32 Å². The Bertz CT molecular complexity index is 677. The lowest BCUT2D eigenvalue weighted by atomic mass is 10.0. The van der Waals surface area contributed by atoms with E-state index in [1.165, 1.54) is 11.0 Å². The number of carbonyl (C=O) groups is 2. The van der Waals surface area contributed by atoms with E-state index in [4.69, 9.17) is 4.74 Å². The van der Waals surface area contributed by atoms with Crippen LogP contribution in [0.5, 0.6) is 0 Å². The highest BCUT2D eigenvalue weighted by Gasteiger charge is 2.30. The molecule has 2 rings (SSSR count). The normalized spacial score (nSPS) is 18.0. The molecule has 0 radical (unpaired) electrons. The first kappa shape index (κ1) is 19.6. The number of nitrogens with one attached hydrogen (secondary N) is 1. The predicted molar refractivity (Wildman–Crippen MR) is 92.4 cm³/mol. The van der Waals surface area contributed by atoms with Gasteiger partial charge in [-0.25, -0.2) is 13.6 Å². The Labute approximate surface area is 153 Å². The Balaban J connectivity index is 2.07. The van der Waals surface area contributed by atoms with Gasteiger partial charge in [-0.05, 0) is 61.7 Å². The van der Waals surface area contributed by atoms with Gasteiger partial charge in [0.25, 0.3) is 5.91 Å². The predicted octanol–water partition coefficient (Wildman–Crippen LogP) is 3.86. The largest absolute Gasteiger partial charge is 0.444 e. The van der Waals surface area contributed by atoms with Crippen molar-refractivity contribution in [1.82, 2.24) is 10.2 Å². The standard InChI is InChI=1S/C17H21BrF2N2O3/c1-17(2,3)25-16(24)21-10-5-4-8-22(9-10)15(23)13-12(19)7-6-11(18)14(13)20/h6-7,10H,4-5,8-9H2,1-3H3,(H,21,24)/t10-/m1/s1. The van der Waals surface area contributed by atoms with Crippen LogP contribution in [0.15, 0.2) is 16.6 Å². The molecule has 1 atom stereocenters. The summed E-state index contributed by atoms with van der Waals surface area (Å²) in [5.74, 6) is -2.56. The number of amides is 2. The summed E-state index contributed by atoms with van der Waals surface area (Å²) in [5.41, 5.74) is -1.22. The van der Waals surface area contributed by atoms with Crippen LogP contribution in [0.2, 0.25) is 0 Å². The van der Waals surface area contributed by atoms with Crippen LogP contribution in [-0.4, -0.2) is 41.6 Å². The fraction of sp³-hybridized carbons (Fsp3) is 0.529. The number of ether oxygens (including phenoxy) is 1. The quantitative estimate of drug-likeness (QED) is 0.741. The molecule has 0 saturated carbocycles. The van der Waals surface area contributed by atoms with Gasteiger partial charge in [0.15, 0.2) is 5.82 Å². The zero-order valence-electron chi connectivity index (χ0n) is 14.4. The summed E-state index contributed by atoms with van der Waals surface area (Å²) in [5, 5.41) is 2.70. The number of nitrogens with zero attached hydrogens (tertiary/aromatic N) is 1. The van der Waals surface area contributed by atoms with E-state index in [0.29, 0.717) is 19.4 Å². The maximum atomic E-state index is 14.1. The molecule has 1 fully saturated rings. The van der Waals surface area contributed by atoms with Gasteiger partial charge in [-0.1, -0.05) is 0 Å². The van der Waals surface area contributed by atoms with E-state index in [9.17, 15) is 18.4 Å². The Kier molecular flexibility index (Phi) is 6.03. The highest BCUT2D eigenvalue weighted by Crippen LogP contribution is 2.24. The maximum absolute atomic E-state index is 14.1. The summed E-state index contributed by atoms with van der Waals surface area (Å²) in [6.45, 7) is 5.80. The third kappa shape index (κ3) is 5.14. The zero-order chi connectivity index (χ0) is 18.8. The molecule has 0 aromatic heterocycles. The second-order valence-corrected chi connectivity index (χ2v) is 7.81. The molecular weight excluding hydrogens is 398 g/mol. The monoisotopic (exact) mass is 418 g/mol. The minimum Gasteiger partial charge on any atom is -0.444 e. The van der Waals surface area contributed by atoms with Gasteiger partial charge < -0.3 is 15.0 Å². The summed E-state index contributed by atoms with van der Waals surface area (Å²) in [6.07, 6.45) is 0.697. The molecule has 2 amide bonds. The van der Waals surface area contributed by atoms with Gasteiger partial charge in [0.1, 0.15) is 17.0 Å². The van der Waals surface area contributed by atoms with Crippen LogP contribution in [0.3, 0.4) is 0 Å². The Morgan fingerprint density at radius 3 is 2.64 bits per heavy atom. The number of hydrogen-bond donors (Lipinski definition) is 1. The smallest absolute Gasteiger partial charge is 0.407 e. The van der Waals surface area contributed by atoms with Crippen molar-refractivity contribution in [3.8, 4) is 0 Å². The second-order valence-electron chi connectivity index (χ2n) is 6.95. The fourth-order valence-corrected chi connectivity index (χ4v) is 2.97. The number of carbonyl (C=O) groups excluding carboxylic acids is 2. The number of benzene rings is 1. The summed E-state index contributed by atoms with van der Waals surface area (Å²) in [6, 6.07) is 1.93. The number of likely N-dealkylation sites (tertiary alicyclic amines) is 1. The number of halogens is 3. The summed E-state index contributed by atoms with van der Waals surface area (Å²) in [4.78, 5) is 25.7. The van der Waals surface area contributed by atoms with Gasteiger partial charge in [-0.2, -0.15) is 0 Å². The summed E-state index contributed by atoms with van der Waals surface area (Å²) in [7, 11) is 0. The molecule has 5 nitrogen and oxygen atoms in total. The third-order valence-corrected chi connectivity index (χ3v) is 4.30. The molecule has 1 aliphatic heterocycles. The molecule has 1 N–H and O–H groups in total. The number of hydrogen-bond acceptors (Lipinski definition) is 3. The summed E-state index contributed by atoms with van der Waals surface area (Å²) < 4.78 is 33.3. The fourth-order valence-electron chi connectivity index (χ4n) is 2.63. The molecule has 0 spiro atoms. The van der Waals surface area contributed by atoms with Gasteiger partial charge >= 0.3 is 6.09 Å². The van der Waals surface area contributed by atoms with Crippen LogP contribution in [0.25, 0.3) is 0 Å². The van der Waals surface area contributed by atoms with Gasteiger partial charge in [0.2, 0.25) is 0 Å². The second kappa shape index (κ2) is 7.68. The van der Waals surface area contributed by atoms with Crippen LogP contribution in [0.4, 0.5) is 13.6 Å². The lowest BCUT2D eigenvalue weighted by Gasteiger charge is -2.33. The SMILES string of the molecule is CC(C)(C)OC(=O)N[C@@H]1CCCN(C(=O)c2c(F)ccc(Br)c2F)C1. The molecule has 1 aromatic rings. The van der Waals surface area contributed by atoms with Crippen LogP contribution in [0, 0.1) is 11.6 Å². The highest BCUT2D eigenvalue weighted by atomic mass is 79.9. The van der Waals surface area contributed by atoms with E-state index in [1.54, 1.807) is 20.8 Å². The van der Waals surface area contributed by atoms with Crippen LogP contribution >= 0.6 is 15.9 Å². The first-order valence-electron chi connectivity index (χ1n) is 8.01. The first-order chi connectivity index (χ1) is 11.6. The van der Waals surface area contributed by atoms with Gasteiger partial charge in [-0.3, -0.25) is 4.79 Å². The lowest BCUT2D eigenvalue weighted by molar-refractivity contribution is 0.0450. The van der Waals surface area contributed by atoms with Crippen molar-refractivity contribution in [2.45, 2.75) is 45.3 Å². The molecule has 1 saturated heterocycles. The molecule has 0 unspecified atom stereocenters. The average Bonchev–Trinajstić information content (AvgIpc) is 2.49. The molecule has 25 heavy (non-hydrogen) atoms. The van der Waals surface area contributed by atoms with Gasteiger partial charge in [0, 0.05) is 19.1 Å². The van der Waals surface area contributed by atoms with Gasteiger partial charge in [-0.15, -0.1) is 0 Å². The molecular formula is C17H21BrF2N2O3. The summed E-state index contributed by atoms with van der Waals surface area (Å²) >= 11 is 2.96. The van der Waals surface area contributed by atoms with E-state index in [1.807, 2.05) is 0 Å². The van der Waals surface area contributed by atoms with E-state index in [2.05, 4.69) is 21.2 Å². The number of piperidine rings is 1. The van der Waals surface area contributed by atoms with Crippen molar-refractivity contribution >= 4 is 27.9 Å². The van der Waals surface area contributed by atoms with Crippen molar-refractivity contribution < 1.29 is 23.1 Å². The minimum absolute atomic E-state index is 0.0256. The minimum atomic E-state index is -0.924. The Hall–Kier alpha value is -1.70. The molecule has 1 aromatic carbocycles. The van der Waals surface area contributed by atoms with E-state index < -0.39 is 34.8 Å². The van der Waals surface area contributed by atoms with E-state index >= 15 is 0 Å². The van der Waals surface area contributed by atoms with Crippen LogP contribution in [0.1, 0.15) is 44.0 Å². The number of rotatable bonds is 2. The van der Waals surface area contributed by atoms with Crippen molar-refractivity contribution in [3.05, 3.63) is 33.8 Å². The average molecular weight is 419 g/mol. The molecule has 1 aliphatic rings. The molecule has 8 heteroatoms. The van der Waals surface area contributed by atoms with Crippen molar-refractivity contribution in [3.63, 3.8) is 0 Å². The Morgan fingerprint density at radius 1 is 1.32 bits per heavy atom. The molecule has 0 aliphatic carbocycles. The lowest BCUT2D eigenvalue weighted by Crippen LogP contribution is -2.50. The van der Waals surface area contributed by atoms with Crippen LogP contribution in [-0.2, 0) is 4.74 Å². The van der Waals surface area contributed by atoms with Crippen molar-refractivity contribution in [2.24, 2.45) is 0 Å². The van der Waals surface area contributed by atoms with Crippen molar-refractivity contribution in [2.75, 3.05) is 13.1 Å².